The number of aryl methyl sites for hydroxylation is 1. The Morgan fingerprint density at radius 3 is 2.62 bits per heavy atom. The van der Waals surface area contributed by atoms with Gasteiger partial charge in [0.1, 0.15) is 0 Å². The van der Waals surface area contributed by atoms with Crippen LogP contribution in [0.25, 0.3) is 0 Å². The molecule has 2 aromatic rings. The number of carbonyl (C=O) groups excluding carboxylic acids is 2. The SMILES string of the molecule is C=C/C(=N\N(Cc1cccnc1F)C(=O)Nc1c(C)cc(Cl)cc1C(=O)NN)C(F)(F)F. The molecule has 0 atom stereocenters. The first-order valence-corrected chi connectivity index (χ1v) is 9.13. The number of nitrogen functional groups attached to an aromatic ring is 1. The van der Waals surface area contributed by atoms with Gasteiger partial charge in [-0.1, -0.05) is 24.2 Å². The normalized spacial score (nSPS) is 11.7. The zero-order chi connectivity index (χ0) is 24.1. The highest BCUT2D eigenvalue weighted by Crippen LogP contribution is 2.27. The van der Waals surface area contributed by atoms with Gasteiger partial charge in [0.2, 0.25) is 5.95 Å². The number of nitrogens with one attached hydrogen (secondary N) is 2. The molecule has 0 unspecified atom stereocenters. The minimum absolute atomic E-state index is 0.0821. The second kappa shape index (κ2) is 10.2. The molecule has 0 radical (unpaired) electrons. The van der Waals surface area contributed by atoms with E-state index >= 15 is 0 Å². The van der Waals surface area contributed by atoms with Crippen LogP contribution in [0.4, 0.5) is 28.0 Å². The number of aromatic nitrogens is 1. The summed E-state index contributed by atoms with van der Waals surface area (Å²) in [6.07, 6.45) is -3.40. The number of pyridine rings is 1. The lowest BCUT2D eigenvalue weighted by molar-refractivity contribution is -0.0587. The van der Waals surface area contributed by atoms with E-state index in [0.29, 0.717) is 16.6 Å². The van der Waals surface area contributed by atoms with Crippen LogP contribution >= 0.6 is 11.6 Å². The standard InChI is InChI=1S/C19H17ClF4N6O2/c1-3-14(19(22,23)24)29-30(9-11-5-4-6-26-16(11)21)18(32)27-15-10(2)7-12(20)8-13(15)17(31)28-25/h3-8H,1,9,25H2,2H3,(H,27,32)(H,28,31)/b29-14+. The Bertz CT molecular complexity index is 1070. The number of alkyl halides is 3. The summed E-state index contributed by atoms with van der Waals surface area (Å²) in [5, 5.41) is 6.08. The van der Waals surface area contributed by atoms with Gasteiger partial charge in [0.25, 0.3) is 5.91 Å². The highest BCUT2D eigenvalue weighted by molar-refractivity contribution is 6.31. The van der Waals surface area contributed by atoms with Crippen LogP contribution in [0, 0.1) is 12.9 Å². The van der Waals surface area contributed by atoms with Crippen molar-refractivity contribution < 1.29 is 27.2 Å². The number of anilines is 1. The van der Waals surface area contributed by atoms with E-state index < -0.39 is 36.3 Å². The Morgan fingerprint density at radius 1 is 1.38 bits per heavy atom. The quantitative estimate of drug-likeness (QED) is 0.148. The molecule has 0 aliphatic rings. The molecule has 1 aromatic heterocycles. The van der Waals surface area contributed by atoms with Crippen LogP contribution in [-0.4, -0.2) is 33.8 Å². The summed E-state index contributed by atoms with van der Waals surface area (Å²) >= 11 is 5.93. The molecule has 2 rings (SSSR count). The van der Waals surface area contributed by atoms with E-state index in [1.54, 1.807) is 0 Å². The molecule has 0 aliphatic carbocycles. The molecule has 0 saturated carbocycles. The molecule has 13 heteroatoms. The molecular weight excluding hydrogens is 456 g/mol. The minimum Gasteiger partial charge on any atom is -0.305 e. The second-order valence-electron chi connectivity index (χ2n) is 6.25. The fourth-order valence-electron chi connectivity index (χ4n) is 2.53. The van der Waals surface area contributed by atoms with Crippen molar-refractivity contribution in [2.24, 2.45) is 10.9 Å². The summed E-state index contributed by atoms with van der Waals surface area (Å²) in [5.41, 5.74) is 0.251. The van der Waals surface area contributed by atoms with Crippen LogP contribution in [0.15, 0.2) is 48.2 Å². The molecule has 0 saturated heterocycles. The molecule has 0 bridgehead atoms. The molecule has 8 nitrogen and oxygen atoms in total. The average molecular weight is 473 g/mol. The van der Waals surface area contributed by atoms with E-state index in [-0.39, 0.29) is 21.8 Å². The van der Waals surface area contributed by atoms with Crippen LogP contribution in [-0.2, 0) is 6.54 Å². The highest BCUT2D eigenvalue weighted by Gasteiger charge is 2.35. The predicted molar refractivity (Wildman–Crippen MR) is 110 cm³/mol. The molecule has 1 aromatic carbocycles. The first-order valence-electron chi connectivity index (χ1n) is 8.75. The average Bonchev–Trinajstić information content (AvgIpc) is 2.72. The second-order valence-corrected chi connectivity index (χ2v) is 6.68. The van der Waals surface area contributed by atoms with E-state index in [0.717, 1.165) is 6.20 Å². The van der Waals surface area contributed by atoms with Gasteiger partial charge in [0.05, 0.1) is 17.8 Å². The van der Waals surface area contributed by atoms with E-state index in [1.165, 1.54) is 31.2 Å². The van der Waals surface area contributed by atoms with Crippen molar-refractivity contribution in [1.29, 1.82) is 0 Å². The number of allylic oxidation sites excluding steroid dienone is 1. The number of hydrazine groups is 1. The summed E-state index contributed by atoms with van der Waals surface area (Å²) in [5.74, 6) is 3.32. The van der Waals surface area contributed by atoms with E-state index in [1.807, 2.05) is 5.43 Å². The Labute approximate surface area is 184 Å². The lowest BCUT2D eigenvalue weighted by atomic mass is 10.1. The maximum absolute atomic E-state index is 14.0. The number of hydrogen-bond donors (Lipinski definition) is 3. The summed E-state index contributed by atoms with van der Waals surface area (Å²) in [7, 11) is 0. The van der Waals surface area contributed by atoms with Crippen LogP contribution in [0.1, 0.15) is 21.5 Å². The van der Waals surface area contributed by atoms with Crippen molar-refractivity contribution in [3.8, 4) is 0 Å². The Morgan fingerprint density at radius 2 is 2.06 bits per heavy atom. The van der Waals surface area contributed by atoms with E-state index in [2.05, 4.69) is 22.0 Å². The fourth-order valence-corrected chi connectivity index (χ4v) is 2.80. The van der Waals surface area contributed by atoms with Crippen molar-refractivity contribution >= 4 is 34.9 Å². The fraction of sp³-hybridized carbons (Fsp3) is 0.158. The largest absolute Gasteiger partial charge is 0.435 e. The highest BCUT2D eigenvalue weighted by atomic mass is 35.5. The van der Waals surface area contributed by atoms with Crippen LogP contribution in [0.3, 0.4) is 0 Å². The molecule has 1 heterocycles. The number of nitrogens with zero attached hydrogens (tertiary/aromatic N) is 3. The van der Waals surface area contributed by atoms with Crippen molar-refractivity contribution in [3.63, 3.8) is 0 Å². The summed E-state index contributed by atoms with van der Waals surface area (Å²) in [6.45, 7) is 3.83. The first kappa shape index (κ1) is 24.8. The third kappa shape index (κ3) is 6.02. The number of hydrogen-bond acceptors (Lipinski definition) is 5. The number of benzene rings is 1. The summed E-state index contributed by atoms with van der Waals surface area (Å²) in [4.78, 5) is 28.3. The summed E-state index contributed by atoms with van der Waals surface area (Å²) < 4.78 is 53.5. The number of amides is 3. The predicted octanol–water partition coefficient (Wildman–Crippen LogP) is 3.92. The minimum atomic E-state index is -4.94. The van der Waals surface area contributed by atoms with Gasteiger partial charge in [0, 0.05) is 16.8 Å². The molecule has 170 valence electrons. The van der Waals surface area contributed by atoms with Crippen molar-refractivity contribution in [2.75, 3.05) is 5.32 Å². The number of nitrogens with two attached hydrogens (primary N) is 1. The molecular formula is C19H17ClF4N6O2. The maximum Gasteiger partial charge on any atom is 0.435 e. The van der Waals surface area contributed by atoms with Crippen LogP contribution in [0.5, 0.6) is 0 Å². The van der Waals surface area contributed by atoms with Crippen LogP contribution < -0.4 is 16.6 Å². The number of carbonyl (C=O) groups is 2. The third-order valence-corrected chi connectivity index (χ3v) is 4.23. The Kier molecular flexibility index (Phi) is 7.89. The molecule has 4 N–H and O–H groups in total. The van der Waals surface area contributed by atoms with Crippen molar-refractivity contribution in [2.45, 2.75) is 19.6 Å². The van der Waals surface area contributed by atoms with E-state index in [4.69, 9.17) is 17.4 Å². The number of urea groups is 1. The number of hydrazone groups is 1. The van der Waals surface area contributed by atoms with Crippen molar-refractivity contribution in [1.82, 2.24) is 15.4 Å². The Hall–Kier alpha value is -3.51. The van der Waals surface area contributed by atoms with Gasteiger partial charge in [-0.2, -0.15) is 22.7 Å². The summed E-state index contributed by atoms with van der Waals surface area (Å²) in [6, 6.07) is 3.97. The van der Waals surface area contributed by atoms with Gasteiger partial charge in [0.15, 0.2) is 5.71 Å². The Balaban J connectivity index is 2.52. The van der Waals surface area contributed by atoms with Gasteiger partial charge in [-0.15, -0.1) is 0 Å². The number of halogens is 5. The molecule has 0 spiro atoms. The number of rotatable bonds is 6. The zero-order valence-corrected chi connectivity index (χ0v) is 17.3. The van der Waals surface area contributed by atoms with Gasteiger partial charge < -0.3 is 5.32 Å². The van der Waals surface area contributed by atoms with Gasteiger partial charge in [-0.05, 0) is 36.8 Å². The van der Waals surface area contributed by atoms with Gasteiger partial charge >= 0.3 is 12.2 Å². The molecule has 3 amide bonds. The smallest absolute Gasteiger partial charge is 0.305 e. The molecule has 0 fully saturated rings. The molecule has 0 aliphatic heterocycles. The topological polar surface area (TPSA) is 113 Å². The monoisotopic (exact) mass is 472 g/mol. The first-order chi connectivity index (χ1) is 15.0. The third-order valence-electron chi connectivity index (χ3n) is 4.01. The van der Waals surface area contributed by atoms with Crippen LogP contribution in [0.2, 0.25) is 5.02 Å². The molecule has 32 heavy (non-hydrogen) atoms. The van der Waals surface area contributed by atoms with Gasteiger partial charge in [-0.3, -0.25) is 10.2 Å². The maximum atomic E-state index is 14.0. The van der Waals surface area contributed by atoms with Gasteiger partial charge in [-0.25, -0.2) is 20.6 Å². The van der Waals surface area contributed by atoms with Crippen molar-refractivity contribution in [3.05, 3.63) is 70.8 Å². The van der Waals surface area contributed by atoms with E-state index in [9.17, 15) is 27.2 Å². The zero-order valence-electron chi connectivity index (χ0n) is 16.5. The lowest BCUT2D eigenvalue weighted by Crippen LogP contribution is -2.36. The lowest BCUT2D eigenvalue weighted by Gasteiger charge is -2.21.